The summed E-state index contributed by atoms with van der Waals surface area (Å²) in [5.41, 5.74) is 0. The number of aromatic hydroxyl groups is 1. The van der Waals surface area contributed by atoms with Gasteiger partial charge >= 0.3 is 0 Å². The Kier molecular flexibility index (Phi) is 4.54. The Morgan fingerprint density at radius 2 is 1.75 bits per heavy atom. The Morgan fingerprint density at radius 3 is 2.35 bits per heavy atom. The highest BCUT2D eigenvalue weighted by atomic mass is 35.5. The van der Waals surface area contributed by atoms with Crippen molar-refractivity contribution in [1.82, 2.24) is 0 Å². The van der Waals surface area contributed by atoms with Crippen LogP contribution in [-0.2, 0) is 9.84 Å². The van der Waals surface area contributed by atoms with E-state index >= 15 is 0 Å². The van der Waals surface area contributed by atoms with Crippen LogP contribution in [0.3, 0.4) is 0 Å². The summed E-state index contributed by atoms with van der Waals surface area (Å²) >= 11 is 13.2. The predicted octanol–water partition coefficient (Wildman–Crippen LogP) is 4.25. The molecule has 0 radical (unpaired) electrons. The lowest BCUT2D eigenvalue weighted by atomic mass is 10.3. The van der Waals surface area contributed by atoms with Gasteiger partial charge < -0.3 is 5.11 Å². The molecule has 0 spiro atoms. The second kappa shape index (κ2) is 5.85. The predicted molar refractivity (Wildman–Crippen MR) is 81.8 cm³/mol. The molecule has 0 amide bonds. The Balaban J connectivity index is 2.38. The van der Waals surface area contributed by atoms with Crippen molar-refractivity contribution < 1.29 is 13.5 Å². The molecule has 106 valence electrons. The molecule has 2 rings (SSSR count). The van der Waals surface area contributed by atoms with E-state index in [4.69, 9.17) is 23.2 Å². The number of hydrogen-bond donors (Lipinski definition) is 1. The summed E-state index contributed by atoms with van der Waals surface area (Å²) in [4.78, 5) is 1.34. The number of phenols is 1. The van der Waals surface area contributed by atoms with Gasteiger partial charge in [0.15, 0.2) is 9.84 Å². The van der Waals surface area contributed by atoms with Crippen molar-refractivity contribution in [2.45, 2.75) is 14.7 Å². The summed E-state index contributed by atoms with van der Waals surface area (Å²) in [6, 6.07) is 9.15. The molecule has 0 atom stereocenters. The molecule has 0 aliphatic rings. The molecular weight excluding hydrogens is 339 g/mol. The van der Waals surface area contributed by atoms with Crippen LogP contribution in [0.1, 0.15) is 0 Å². The smallest absolute Gasteiger partial charge is 0.175 e. The van der Waals surface area contributed by atoms with Gasteiger partial charge in [0, 0.05) is 16.2 Å². The minimum absolute atomic E-state index is 0.0858. The molecule has 20 heavy (non-hydrogen) atoms. The molecule has 1 N–H and O–H groups in total. The van der Waals surface area contributed by atoms with Crippen molar-refractivity contribution >= 4 is 44.8 Å². The largest absolute Gasteiger partial charge is 0.507 e. The summed E-state index contributed by atoms with van der Waals surface area (Å²) < 4.78 is 22.9. The first-order valence-electron chi connectivity index (χ1n) is 5.43. The lowest BCUT2D eigenvalue weighted by molar-refractivity contribution is 0.462. The molecule has 0 bridgehead atoms. The minimum atomic E-state index is -3.29. The zero-order valence-electron chi connectivity index (χ0n) is 10.3. The van der Waals surface area contributed by atoms with Crippen LogP contribution in [-0.4, -0.2) is 19.8 Å². The summed E-state index contributed by atoms with van der Waals surface area (Å²) in [5.74, 6) is 0.0858. The second-order valence-electron chi connectivity index (χ2n) is 4.08. The van der Waals surface area contributed by atoms with Gasteiger partial charge in [-0.05, 0) is 36.4 Å². The van der Waals surface area contributed by atoms with Crippen molar-refractivity contribution in [2.75, 3.05) is 6.26 Å². The van der Waals surface area contributed by atoms with Gasteiger partial charge in [0.05, 0.1) is 14.8 Å². The first-order valence-corrected chi connectivity index (χ1v) is 8.90. The fraction of sp³-hybridized carbons (Fsp3) is 0.0769. The van der Waals surface area contributed by atoms with Gasteiger partial charge in [-0.25, -0.2) is 8.42 Å². The lowest BCUT2D eigenvalue weighted by Gasteiger charge is -2.08. The van der Waals surface area contributed by atoms with Gasteiger partial charge in [-0.15, -0.1) is 0 Å². The Morgan fingerprint density at radius 1 is 1.05 bits per heavy atom. The number of halogens is 2. The molecule has 0 heterocycles. The van der Waals surface area contributed by atoms with Crippen LogP contribution in [0, 0.1) is 0 Å². The topological polar surface area (TPSA) is 54.4 Å². The van der Waals surface area contributed by atoms with Gasteiger partial charge in [0.25, 0.3) is 0 Å². The maximum atomic E-state index is 11.4. The van der Waals surface area contributed by atoms with E-state index in [9.17, 15) is 13.5 Å². The number of benzene rings is 2. The van der Waals surface area contributed by atoms with Crippen LogP contribution in [0.5, 0.6) is 5.75 Å². The number of rotatable bonds is 3. The van der Waals surface area contributed by atoms with Crippen molar-refractivity contribution in [1.29, 1.82) is 0 Å². The molecule has 3 nitrogen and oxygen atoms in total. The molecule has 0 aliphatic heterocycles. The highest BCUT2D eigenvalue weighted by Gasteiger charge is 2.12. The number of sulfone groups is 1. The van der Waals surface area contributed by atoms with E-state index in [2.05, 4.69) is 0 Å². The Bertz CT molecular complexity index is 758. The molecule has 0 aromatic heterocycles. The third-order valence-corrected chi connectivity index (χ3v) is 5.37. The van der Waals surface area contributed by atoms with Crippen molar-refractivity contribution in [2.24, 2.45) is 0 Å². The third-order valence-electron chi connectivity index (χ3n) is 2.47. The van der Waals surface area contributed by atoms with E-state index < -0.39 is 9.84 Å². The highest BCUT2D eigenvalue weighted by Crippen LogP contribution is 2.39. The summed E-state index contributed by atoms with van der Waals surface area (Å²) in [7, 11) is -3.29. The quantitative estimate of drug-likeness (QED) is 0.900. The fourth-order valence-corrected chi connectivity index (χ4v) is 3.62. The first-order chi connectivity index (χ1) is 9.27. The maximum absolute atomic E-state index is 11.4. The fourth-order valence-electron chi connectivity index (χ4n) is 1.48. The lowest BCUT2D eigenvalue weighted by Crippen LogP contribution is -1.96. The molecule has 0 unspecified atom stereocenters. The molecule has 2 aromatic rings. The van der Waals surface area contributed by atoms with Crippen LogP contribution in [0.25, 0.3) is 0 Å². The monoisotopic (exact) mass is 348 g/mol. The molecule has 7 heteroatoms. The van der Waals surface area contributed by atoms with E-state index in [1.54, 1.807) is 18.2 Å². The summed E-state index contributed by atoms with van der Waals surface area (Å²) in [5, 5.41) is 10.6. The van der Waals surface area contributed by atoms with Crippen molar-refractivity contribution in [3.63, 3.8) is 0 Å². The highest BCUT2D eigenvalue weighted by molar-refractivity contribution is 7.99. The van der Waals surface area contributed by atoms with Crippen LogP contribution >= 0.6 is 35.0 Å². The standard InChI is InChI=1S/C13H10Cl2O3S2/c1-20(17,18)9-3-5-12(10(15)7-9)19-13-6-8(14)2-4-11(13)16/h2-7,16H,1H3. The zero-order valence-corrected chi connectivity index (χ0v) is 13.4. The average molecular weight is 349 g/mol. The van der Waals surface area contributed by atoms with E-state index in [1.165, 1.54) is 30.0 Å². The van der Waals surface area contributed by atoms with Gasteiger partial charge in [-0.3, -0.25) is 0 Å². The van der Waals surface area contributed by atoms with Crippen LogP contribution in [0.15, 0.2) is 51.1 Å². The van der Waals surface area contributed by atoms with Crippen LogP contribution < -0.4 is 0 Å². The molecule has 0 saturated carbocycles. The molecule has 2 aromatic carbocycles. The van der Waals surface area contributed by atoms with Crippen LogP contribution in [0.2, 0.25) is 10.0 Å². The van der Waals surface area contributed by atoms with Crippen molar-refractivity contribution in [3.05, 3.63) is 46.4 Å². The van der Waals surface area contributed by atoms with Gasteiger partial charge in [0.2, 0.25) is 0 Å². The van der Waals surface area contributed by atoms with E-state index in [1.807, 2.05) is 0 Å². The zero-order chi connectivity index (χ0) is 14.9. The van der Waals surface area contributed by atoms with E-state index in [0.29, 0.717) is 19.8 Å². The Hall–Kier alpha value is -0.880. The van der Waals surface area contributed by atoms with Crippen molar-refractivity contribution in [3.8, 4) is 5.75 Å². The SMILES string of the molecule is CS(=O)(=O)c1ccc(Sc2cc(Cl)ccc2O)c(Cl)c1. The third kappa shape index (κ3) is 3.61. The van der Waals surface area contributed by atoms with E-state index in [-0.39, 0.29) is 10.6 Å². The molecule has 0 aliphatic carbocycles. The normalized spacial score (nSPS) is 11.6. The molecular formula is C13H10Cl2O3S2. The van der Waals surface area contributed by atoms with Gasteiger partial charge in [-0.2, -0.15) is 0 Å². The van der Waals surface area contributed by atoms with Gasteiger partial charge in [0.1, 0.15) is 5.75 Å². The molecule has 0 fully saturated rings. The average Bonchev–Trinajstić information content (AvgIpc) is 2.35. The summed E-state index contributed by atoms with van der Waals surface area (Å²) in [6.07, 6.45) is 1.12. The molecule has 0 saturated heterocycles. The number of hydrogen-bond acceptors (Lipinski definition) is 4. The van der Waals surface area contributed by atoms with Gasteiger partial charge in [-0.1, -0.05) is 35.0 Å². The minimum Gasteiger partial charge on any atom is -0.507 e. The van der Waals surface area contributed by atoms with E-state index in [0.717, 1.165) is 6.26 Å². The first kappa shape index (κ1) is 15.5. The maximum Gasteiger partial charge on any atom is 0.175 e. The second-order valence-corrected chi connectivity index (χ2v) is 8.02. The Labute approximate surface area is 131 Å². The van der Waals surface area contributed by atoms with Crippen LogP contribution in [0.4, 0.5) is 0 Å². The summed E-state index contributed by atoms with van der Waals surface area (Å²) in [6.45, 7) is 0. The number of phenolic OH excluding ortho intramolecular Hbond substituents is 1.